The smallest absolute Gasteiger partial charge is 0.252 e. The quantitative estimate of drug-likeness (QED) is 0.778. The molecule has 0 aliphatic heterocycles. The van der Waals surface area contributed by atoms with Gasteiger partial charge >= 0.3 is 0 Å². The van der Waals surface area contributed by atoms with Crippen LogP contribution in [0.4, 0.5) is 8.78 Å². The zero-order valence-corrected chi connectivity index (χ0v) is 8.26. The number of hydrogen-bond donors (Lipinski definition) is 1. The molecule has 0 aromatic carbocycles. The Kier molecular flexibility index (Phi) is 1.91. The standard InChI is InChI=1S/C8H8ClF2NS/c9-5-1-2-13-6(5)7(12)3-8(10,11)4-7/h1-2H,3-4,12H2. The van der Waals surface area contributed by atoms with E-state index in [1.54, 1.807) is 11.4 Å². The Morgan fingerprint density at radius 2 is 2.08 bits per heavy atom. The second-order valence-electron chi connectivity index (χ2n) is 3.46. The molecule has 0 bridgehead atoms. The van der Waals surface area contributed by atoms with Crippen LogP contribution in [-0.2, 0) is 5.54 Å². The highest BCUT2D eigenvalue weighted by molar-refractivity contribution is 7.10. The minimum atomic E-state index is -2.61. The van der Waals surface area contributed by atoms with Gasteiger partial charge < -0.3 is 5.73 Å². The van der Waals surface area contributed by atoms with Crippen molar-refractivity contribution in [1.29, 1.82) is 0 Å². The molecule has 1 nitrogen and oxygen atoms in total. The molecule has 1 aromatic rings. The molecule has 1 aromatic heterocycles. The molecule has 0 atom stereocenters. The summed E-state index contributed by atoms with van der Waals surface area (Å²) in [5.74, 6) is -2.61. The summed E-state index contributed by atoms with van der Waals surface area (Å²) in [5, 5.41) is 2.27. The highest BCUT2D eigenvalue weighted by Gasteiger charge is 2.56. The van der Waals surface area contributed by atoms with Crippen molar-refractivity contribution >= 4 is 22.9 Å². The van der Waals surface area contributed by atoms with Gasteiger partial charge in [0.1, 0.15) is 0 Å². The zero-order valence-electron chi connectivity index (χ0n) is 6.69. The van der Waals surface area contributed by atoms with Crippen LogP contribution in [0.5, 0.6) is 0 Å². The molecule has 2 rings (SSSR count). The van der Waals surface area contributed by atoms with Crippen molar-refractivity contribution in [1.82, 2.24) is 0 Å². The maximum Gasteiger partial charge on any atom is 0.252 e. The maximum atomic E-state index is 12.6. The Bertz CT molecular complexity index is 329. The van der Waals surface area contributed by atoms with Crippen LogP contribution < -0.4 is 5.73 Å². The van der Waals surface area contributed by atoms with Crippen molar-refractivity contribution < 1.29 is 8.78 Å². The normalized spacial score (nSPS) is 24.0. The Morgan fingerprint density at radius 3 is 2.46 bits per heavy atom. The molecule has 1 aliphatic carbocycles. The van der Waals surface area contributed by atoms with E-state index in [4.69, 9.17) is 17.3 Å². The van der Waals surface area contributed by atoms with E-state index < -0.39 is 11.5 Å². The molecule has 72 valence electrons. The summed E-state index contributed by atoms with van der Waals surface area (Å²) < 4.78 is 25.3. The average molecular weight is 224 g/mol. The van der Waals surface area contributed by atoms with Gasteiger partial charge in [0, 0.05) is 17.7 Å². The number of rotatable bonds is 1. The predicted octanol–water partition coefficient (Wildman–Crippen LogP) is 2.98. The van der Waals surface area contributed by atoms with Crippen LogP contribution in [0.1, 0.15) is 17.7 Å². The van der Waals surface area contributed by atoms with E-state index in [0.29, 0.717) is 9.90 Å². The topological polar surface area (TPSA) is 26.0 Å². The third kappa shape index (κ3) is 1.47. The Hall–Kier alpha value is -0.190. The fraction of sp³-hybridized carbons (Fsp3) is 0.500. The van der Waals surface area contributed by atoms with E-state index in [9.17, 15) is 8.78 Å². The fourth-order valence-corrected chi connectivity index (χ4v) is 3.04. The summed E-state index contributed by atoms with van der Waals surface area (Å²) in [6, 6.07) is 1.69. The molecule has 1 fully saturated rings. The summed E-state index contributed by atoms with van der Waals surface area (Å²) in [6.07, 6.45) is -0.583. The maximum absolute atomic E-state index is 12.6. The van der Waals surface area contributed by atoms with Crippen LogP contribution in [0.3, 0.4) is 0 Å². The Labute approximate surface area is 83.5 Å². The Morgan fingerprint density at radius 1 is 1.46 bits per heavy atom. The van der Waals surface area contributed by atoms with Gasteiger partial charge in [0.2, 0.25) is 0 Å². The van der Waals surface area contributed by atoms with Gasteiger partial charge in [-0.2, -0.15) is 0 Å². The lowest BCUT2D eigenvalue weighted by Crippen LogP contribution is -2.55. The minimum Gasteiger partial charge on any atom is -0.320 e. The number of alkyl halides is 2. The zero-order chi connectivity index (χ0) is 9.69. The van der Waals surface area contributed by atoms with E-state index in [-0.39, 0.29) is 12.8 Å². The van der Waals surface area contributed by atoms with Crippen molar-refractivity contribution in [3.63, 3.8) is 0 Å². The lowest BCUT2D eigenvalue weighted by molar-refractivity contribution is -0.123. The van der Waals surface area contributed by atoms with Gasteiger partial charge in [-0.05, 0) is 11.4 Å². The number of nitrogens with two attached hydrogens (primary N) is 1. The summed E-state index contributed by atoms with van der Waals surface area (Å²) in [6.45, 7) is 0. The molecule has 1 heterocycles. The molecule has 1 aliphatic rings. The molecule has 0 spiro atoms. The monoisotopic (exact) mass is 223 g/mol. The highest BCUT2D eigenvalue weighted by atomic mass is 35.5. The summed E-state index contributed by atoms with van der Waals surface area (Å²) in [7, 11) is 0. The van der Waals surface area contributed by atoms with Gasteiger partial charge in [0.15, 0.2) is 0 Å². The van der Waals surface area contributed by atoms with Crippen molar-refractivity contribution in [2.24, 2.45) is 5.73 Å². The van der Waals surface area contributed by atoms with Crippen LogP contribution in [-0.4, -0.2) is 5.92 Å². The van der Waals surface area contributed by atoms with Crippen LogP contribution in [0.25, 0.3) is 0 Å². The number of hydrogen-bond acceptors (Lipinski definition) is 2. The van der Waals surface area contributed by atoms with Gasteiger partial charge in [-0.1, -0.05) is 11.6 Å². The van der Waals surface area contributed by atoms with E-state index in [1.165, 1.54) is 11.3 Å². The van der Waals surface area contributed by atoms with Gasteiger partial charge in [0.25, 0.3) is 5.92 Å². The van der Waals surface area contributed by atoms with Crippen LogP contribution in [0.2, 0.25) is 5.02 Å². The predicted molar refractivity (Wildman–Crippen MR) is 49.4 cm³/mol. The lowest BCUT2D eigenvalue weighted by atomic mass is 9.73. The first-order valence-corrected chi connectivity index (χ1v) is 5.09. The average Bonchev–Trinajstić information content (AvgIpc) is 2.30. The number of halogens is 3. The first kappa shape index (κ1) is 9.37. The molecular weight excluding hydrogens is 216 g/mol. The lowest BCUT2D eigenvalue weighted by Gasteiger charge is -2.44. The third-order valence-corrected chi connectivity index (χ3v) is 3.78. The van der Waals surface area contributed by atoms with Crippen molar-refractivity contribution in [2.75, 3.05) is 0 Å². The van der Waals surface area contributed by atoms with Gasteiger partial charge in [0.05, 0.1) is 10.6 Å². The molecule has 2 N–H and O–H groups in total. The van der Waals surface area contributed by atoms with E-state index >= 15 is 0 Å². The second kappa shape index (κ2) is 2.65. The minimum absolute atomic E-state index is 0.291. The van der Waals surface area contributed by atoms with Crippen molar-refractivity contribution in [2.45, 2.75) is 24.3 Å². The van der Waals surface area contributed by atoms with E-state index in [2.05, 4.69) is 0 Å². The molecule has 0 radical (unpaired) electrons. The van der Waals surface area contributed by atoms with Crippen molar-refractivity contribution in [3.8, 4) is 0 Å². The SMILES string of the molecule is NC1(c2sccc2Cl)CC(F)(F)C1. The highest BCUT2D eigenvalue weighted by Crippen LogP contribution is 2.52. The van der Waals surface area contributed by atoms with Crippen LogP contribution in [0.15, 0.2) is 11.4 Å². The molecule has 5 heteroatoms. The fourth-order valence-electron chi connectivity index (χ4n) is 1.68. The van der Waals surface area contributed by atoms with Crippen LogP contribution in [0, 0.1) is 0 Å². The largest absolute Gasteiger partial charge is 0.320 e. The second-order valence-corrected chi connectivity index (χ2v) is 4.79. The Balaban J connectivity index is 2.25. The summed E-state index contributed by atoms with van der Waals surface area (Å²) in [4.78, 5) is 0.681. The molecule has 13 heavy (non-hydrogen) atoms. The van der Waals surface area contributed by atoms with E-state index in [1.807, 2.05) is 0 Å². The third-order valence-electron chi connectivity index (χ3n) is 2.22. The first-order valence-electron chi connectivity index (χ1n) is 3.83. The molecular formula is C8H8ClF2NS. The van der Waals surface area contributed by atoms with Gasteiger partial charge in [-0.15, -0.1) is 11.3 Å². The van der Waals surface area contributed by atoms with E-state index in [0.717, 1.165) is 0 Å². The number of thiophene rings is 1. The summed E-state index contributed by atoms with van der Waals surface area (Å²) in [5.41, 5.74) is 4.90. The van der Waals surface area contributed by atoms with Gasteiger partial charge in [-0.3, -0.25) is 0 Å². The molecule has 1 saturated carbocycles. The molecule has 0 amide bonds. The molecule has 0 unspecified atom stereocenters. The summed E-state index contributed by atoms with van der Waals surface area (Å²) >= 11 is 7.16. The first-order chi connectivity index (χ1) is 5.93. The van der Waals surface area contributed by atoms with Crippen molar-refractivity contribution in [3.05, 3.63) is 21.3 Å². The molecule has 0 saturated heterocycles. The van der Waals surface area contributed by atoms with Gasteiger partial charge in [-0.25, -0.2) is 8.78 Å². The van der Waals surface area contributed by atoms with Crippen LogP contribution >= 0.6 is 22.9 Å².